The summed E-state index contributed by atoms with van der Waals surface area (Å²) >= 11 is 0. The van der Waals surface area contributed by atoms with Crippen molar-refractivity contribution < 1.29 is 3.89 Å². The van der Waals surface area contributed by atoms with Crippen molar-refractivity contribution in [1.29, 1.82) is 0 Å². The van der Waals surface area contributed by atoms with Crippen LogP contribution in [0.5, 0.6) is 0 Å². The Morgan fingerprint density at radius 1 is 1.11 bits per heavy atom. The van der Waals surface area contributed by atoms with E-state index in [0.717, 1.165) is 40.1 Å². The van der Waals surface area contributed by atoms with E-state index in [0.29, 0.717) is 18.4 Å². The topological polar surface area (TPSA) is 6.48 Å². The van der Waals surface area contributed by atoms with Gasteiger partial charge in [-0.3, -0.25) is 8.61 Å². The first-order valence-electron chi connectivity index (χ1n) is 13.9. The van der Waals surface area contributed by atoms with Crippen molar-refractivity contribution in [2.45, 2.75) is 51.0 Å². The number of hydrogen-bond acceptors (Lipinski definition) is 2. The molecule has 4 unspecified atom stereocenters. The first-order valence-corrected chi connectivity index (χ1v) is 15.3. The summed E-state index contributed by atoms with van der Waals surface area (Å²) in [6.07, 6.45) is 23.1. The molecule has 4 heteroatoms. The van der Waals surface area contributed by atoms with Crippen molar-refractivity contribution in [3.05, 3.63) is 131 Å². The largest absolute Gasteiger partial charge is 0.287 e. The smallest absolute Gasteiger partial charge is 0.0987 e. The summed E-state index contributed by atoms with van der Waals surface area (Å²) in [6.45, 7) is 7.09. The molecule has 1 aliphatic carbocycles. The van der Waals surface area contributed by atoms with E-state index in [2.05, 4.69) is 110 Å². The molecule has 0 N–H and O–H groups in total. The Morgan fingerprint density at radius 3 is 2.76 bits per heavy atom. The predicted molar refractivity (Wildman–Crippen MR) is 160 cm³/mol. The van der Waals surface area contributed by atoms with E-state index in [4.69, 9.17) is 0 Å². The van der Waals surface area contributed by atoms with E-state index >= 15 is 3.89 Å². The summed E-state index contributed by atoms with van der Waals surface area (Å²) in [5.74, 6) is 0.815. The van der Waals surface area contributed by atoms with Crippen LogP contribution in [0.4, 0.5) is 3.89 Å². The average Bonchev–Trinajstić information content (AvgIpc) is 3.22. The van der Waals surface area contributed by atoms with Crippen LogP contribution in [0.25, 0.3) is 5.57 Å². The van der Waals surface area contributed by atoms with Crippen molar-refractivity contribution in [1.82, 2.24) is 8.61 Å². The molecule has 3 heterocycles. The Bertz CT molecular complexity index is 1410. The van der Waals surface area contributed by atoms with E-state index in [1.165, 1.54) is 17.6 Å². The summed E-state index contributed by atoms with van der Waals surface area (Å²) in [5, 5.41) is 0. The van der Waals surface area contributed by atoms with Crippen molar-refractivity contribution >= 4 is 16.4 Å². The standard InChI is InChI=1S/C34H37FN2S/c1-4-13-25(2)29-16-7-8-17-30(29)32-19-11-12-23-36(32)38(35)34-20-10-9-18-31(34)33-22-21-27(24-37(33)38)28-15-6-5-14-26(28)3/h4-6,9-15,17-22,24-25,29,33H,7-8,16,23H2,1-3H3. The van der Waals surface area contributed by atoms with Gasteiger partial charge in [0, 0.05) is 6.20 Å². The highest BCUT2D eigenvalue weighted by molar-refractivity contribution is 8.26. The minimum atomic E-state index is -3.02. The summed E-state index contributed by atoms with van der Waals surface area (Å²) in [6, 6.07) is 16.4. The lowest BCUT2D eigenvalue weighted by Crippen LogP contribution is -2.36. The second kappa shape index (κ2) is 10.1. The molecule has 2 aromatic carbocycles. The lowest BCUT2D eigenvalue weighted by atomic mass is 9.77. The molecule has 0 fully saturated rings. The molecular formula is C34H37FN2S. The molecule has 0 spiro atoms. The van der Waals surface area contributed by atoms with Crippen LogP contribution in [0.1, 0.15) is 55.8 Å². The molecule has 0 radical (unpaired) electrons. The fourth-order valence-electron chi connectivity index (χ4n) is 6.51. The SMILES string of the molecule is CC=CC(C)C1CCCC=C1C1=CC=CCN1S1(F)c2ccccc2C2C=CC(c3ccccc3C)=CN21. The zero-order chi connectivity index (χ0) is 26.3. The minimum Gasteiger partial charge on any atom is -0.287 e. The van der Waals surface area contributed by atoms with Gasteiger partial charge in [0.15, 0.2) is 0 Å². The second-order valence-corrected chi connectivity index (χ2v) is 13.0. The number of fused-ring (bicyclic) bond motifs is 3. The fourth-order valence-corrected chi connectivity index (χ4v) is 9.39. The zero-order valence-electron chi connectivity index (χ0n) is 22.6. The highest BCUT2D eigenvalue weighted by Gasteiger charge is 2.51. The van der Waals surface area contributed by atoms with Crippen molar-refractivity contribution in [3.63, 3.8) is 0 Å². The maximum absolute atomic E-state index is 18.3. The third-order valence-electron chi connectivity index (χ3n) is 8.38. The third kappa shape index (κ3) is 4.01. The fraction of sp³-hybridized carbons (Fsp3) is 0.294. The van der Waals surface area contributed by atoms with E-state index in [1.54, 1.807) is 0 Å². The van der Waals surface area contributed by atoms with Crippen LogP contribution in [0.2, 0.25) is 0 Å². The number of aryl methyl sites for hydroxylation is 1. The minimum absolute atomic E-state index is 0.107. The Kier molecular flexibility index (Phi) is 6.69. The molecule has 4 aliphatic rings. The number of rotatable bonds is 5. The molecule has 0 bridgehead atoms. The van der Waals surface area contributed by atoms with Crippen molar-refractivity contribution in [3.8, 4) is 0 Å². The van der Waals surface area contributed by atoms with Gasteiger partial charge < -0.3 is 0 Å². The molecule has 0 amide bonds. The zero-order valence-corrected chi connectivity index (χ0v) is 23.4. The van der Waals surface area contributed by atoms with E-state index in [9.17, 15) is 0 Å². The highest BCUT2D eigenvalue weighted by Crippen LogP contribution is 2.74. The van der Waals surface area contributed by atoms with Gasteiger partial charge in [0.05, 0.1) is 34.0 Å². The van der Waals surface area contributed by atoms with E-state index in [-0.39, 0.29) is 6.04 Å². The van der Waals surface area contributed by atoms with Crippen LogP contribution in [0.3, 0.4) is 0 Å². The number of benzene rings is 2. The van der Waals surface area contributed by atoms with Gasteiger partial charge in [-0.15, -0.1) is 3.89 Å². The highest BCUT2D eigenvalue weighted by atomic mass is 32.3. The Morgan fingerprint density at radius 2 is 1.92 bits per heavy atom. The van der Waals surface area contributed by atoms with Crippen LogP contribution in [-0.2, 0) is 0 Å². The van der Waals surface area contributed by atoms with Gasteiger partial charge in [0.2, 0.25) is 0 Å². The van der Waals surface area contributed by atoms with Gasteiger partial charge in [0.25, 0.3) is 0 Å². The van der Waals surface area contributed by atoms with Gasteiger partial charge in [0.1, 0.15) is 0 Å². The summed E-state index contributed by atoms with van der Waals surface area (Å²) in [5.41, 5.74) is 6.87. The number of halogens is 1. The number of allylic oxidation sites excluding steroid dienone is 8. The summed E-state index contributed by atoms with van der Waals surface area (Å²) < 4.78 is 22.5. The Labute approximate surface area is 229 Å². The van der Waals surface area contributed by atoms with Gasteiger partial charge in [-0.1, -0.05) is 91.9 Å². The lowest BCUT2D eigenvalue weighted by Gasteiger charge is -2.50. The van der Waals surface area contributed by atoms with Gasteiger partial charge in [-0.05, 0) is 84.9 Å². The maximum atomic E-state index is 18.3. The predicted octanol–water partition coefficient (Wildman–Crippen LogP) is 9.54. The van der Waals surface area contributed by atoms with Crippen LogP contribution < -0.4 is 0 Å². The molecule has 6 rings (SSSR count). The van der Waals surface area contributed by atoms with Crippen LogP contribution >= 0.6 is 10.8 Å². The summed E-state index contributed by atoms with van der Waals surface area (Å²) in [7, 11) is -3.02. The lowest BCUT2D eigenvalue weighted by molar-refractivity contribution is 0.402. The first kappa shape index (κ1) is 25.1. The number of nitrogens with zero attached hydrogens (tertiary/aromatic N) is 2. The molecule has 0 saturated carbocycles. The molecule has 38 heavy (non-hydrogen) atoms. The molecule has 0 saturated heterocycles. The molecular weight excluding hydrogens is 487 g/mol. The average molecular weight is 525 g/mol. The maximum Gasteiger partial charge on any atom is 0.0987 e. The van der Waals surface area contributed by atoms with Crippen LogP contribution in [0, 0.1) is 18.8 Å². The molecule has 4 atom stereocenters. The molecule has 3 aliphatic heterocycles. The quantitative estimate of drug-likeness (QED) is 0.359. The summed E-state index contributed by atoms with van der Waals surface area (Å²) in [4.78, 5) is 0.826. The number of hydrogen-bond donors (Lipinski definition) is 0. The monoisotopic (exact) mass is 524 g/mol. The van der Waals surface area contributed by atoms with Gasteiger partial charge >= 0.3 is 0 Å². The Balaban J connectivity index is 1.47. The van der Waals surface area contributed by atoms with Crippen LogP contribution in [-0.4, -0.2) is 15.2 Å². The molecule has 196 valence electrons. The Hall–Kier alpha value is -3.24. The van der Waals surface area contributed by atoms with E-state index < -0.39 is 10.8 Å². The second-order valence-electron chi connectivity index (χ2n) is 10.7. The van der Waals surface area contributed by atoms with Crippen molar-refractivity contribution in [2.24, 2.45) is 11.8 Å². The van der Waals surface area contributed by atoms with Gasteiger partial charge in [-0.2, -0.15) is 0 Å². The van der Waals surface area contributed by atoms with E-state index in [1.807, 2.05) is 22.5 Å². The third-order valence-corrected chi connectivity index (χ3v) is 11.1. The molecule has 0 aromatic heterocycles. The van der Waals surface area contributed by atoms with Crippen LogP contribution in [0.15, 0.2) is 120 Å². The normalized spacial score (nSPS) is 28.8. The molecule has 2 aromatic rings. The van der Waals surface area contributed by atoms with Crippen molar-refractivity contribution in [2.75, 3.05) is 6.54 Å². The first-order chi connectivity index (χ1) is 18.5. The van der Waals surface area contributed by atoms with Gasteiger partial charge in [-0.25, -0.2) is 0 Å². The molecule has 2 nitrogen and oxygen atoms in total.